The fraction of sp³-hybridized carbons (Fsp3) is 0.200. The summed E-state index contributed by atoms with van der Waals surface area (Å²) in [5, 5.41) is 4.85. The molecule has 15 heteroatoms. The quantitative estimate of drug-likeness (QED) is 0.196. The highest BCUT2D eigenvalue weighted by molar-refractivity contribution is 14.1. The van der Waals surface area contributed by atoms with Gasteiger partial charge in [-0.3, -0.25) is 9.59 Å². The van der Waals surface area contributed by atoms with Crippen molar-refractivity contribution < 1.29 is 49.1 Å². The molecule has 3 rings (SSSR count). The molecule has 40 heavy (non-hydrogen) atoms. The van der Waals surface area contributed by atoms with E-state index in [-0.39, 0.29) is 23.4 Å². The second-order valence-electron chi connectivity index (χ2n) is 8.20. The Morgan fingerprint density at radius 3 is 1.82 bits per heavy atom. The zero-order valence-corrected chi connectivity index (χ0v) is 24.1. The van der Waals surface area contributed by atoms with Gasteiger partial charge in [0, 0.05) is 30.9 Å². The van der Waals surface area contributed by atoms with Crippen LogP contribution in [-0.4, -0.2) is 37.1 Å². The van der Waals surface area contributed by atoms with Gasteiger partial charge in [0.1, 0.15) is 0 Å². The molecule has 0 aliphatic rings. The Hall–Kier alpha value is -2.57. The van der Waals surface area contributed by atoms with Gasteiger partial charge < -0.3 is 10.6 Å². The van der Waals surface area contributed by atoms with E-state index in [1.165, 1.54) is 70.4 Å². The first kappa shape index (κ1) is 32.0. The third-order valence-electron chi connectivity index (χ3n) is 5.69. The zero-order valence-electron chi connectivity index (χ0n) is 19.7. The lowest BCUT2D eigenvalue weighted by molar-refractivity contribution is -0.389. The van der Waals surface area contributed by atoms with Crippen LogP contribution in [0.5, 0.6) is 0 Å². The van der Waals surface area contributed by atoms with E-state index >= 15 is 0 Å². The summed E-state index contributed by atoms with van der Waals surface area (Å²) in [6.07, 6.45) is -13.5. The lowest BCUT2D eigenvalue weighted by atomic mass is 9.87. The average Bonchev–Trinajstić information content (AvgIpc) is 2.88. The van der Waals surface area contributed by atoms with Gasteiger partial charge >= 0.3 is 23.9 Å². The molecule has 214 valence electrons. The van der Waals surface area contributed by atoms with Gasteiger partial charge in [-0.05, 0) is 86.6 Å². The maximum absolute atomic E-state index is 14.9. The molecule has 1 atom stereocenters. The number of amides is 2. The van der Waals surface area contributed by atoms with E-state index in [2.05, 4.69) is 10.6 Å². The molecule has 0 heterocycles. The van der Waals surface area contributed by atoms with Crippen molar-refractivity contribution >= 4 is 62.7 Å². The molecule has 2 N–H and O–H groups in total. The van der Waals surface area contributed by atoms with Crippen LogP contribution in [-0.2, 0) is 5.67 Å². The second-order valence-corrected chi connectivity index (χ2v) is 10.5. The molecule has 1 unspecified atom stereocenters. The number of anilines is 1. The molecular formula is C25H15F9I2N2O2. The van der Waals surface area contributed by atoms with Crippen molar-refractivity contribution in [3.05, 3.63) is 84.5 Å². The highest BCUT2D eigenvalue weighted by Gasteiger charge is 2.81. The van der Waals surface area contributed by atoms with Gasteiger partial charge in [-0.2, -0.15) is 35.1 Å². The van der Waals surface area contributed by atoms with Crippen molar-refractivity contribution in [2.45, 2.75) is 23.9 Å². The van der Waals surface area contributed by atoms with Crippen LogP contribution in [0.25, 0.3) is 11.1 Å². The van der Waals surface area contributed by atoms with E-state index < -0.39 is 48.5 Å². The normalized spacial score (nSPS) is 13.9. The van der Waals surface area contributed by atoms with E-state index in [0.717, 1.165) is 0 Å². The van der Waals surface area contributed by atoms with Crippen LogP contribution in [0.3, 0.4) is 0 Å². The summed E-state index contributed by atoms with van der Waals surface area (Å²) < 4.78 is 121. The predicted molar refractivity (Wildman–Crippen MR) is 145 cm³/mol. The lowest BCUT2D eigenvalue weighted by Gasteiger charge is -2.36. The van der Waals surface area contributed by atoms with E-state index in [1.54, 1.807) is 30.3 Å². The number of rotatable bonds is 6. The van der Waals surface area contributed by atoms with E-state index in [9.17, 15) is 49.1 Å². The van der Waals surface area contributed by atoms with Gasteiger partial charge in [-0.1, -0.05) is 30.3 Å². The summed E-state index contributed by atoms with van der Waals surface area (Å²) in [5.41, 5.74) is -7.09. The molecule has 0 spiro atoms. The van der Waals surface area contributed by atoms with Crippen molar-refractivity contribution in [3.63, 3.8) is 0 Å². The van der Waals surface area contributed by atoms with E-state index in [1.807, 2.05) is 0 Å². The number of carbonyl (C=O) groups excluding carboxylic acids is 2. The first-order valence-corrected chi connectivity index (χ1v) is 12.9. The second kappa shape index (κ2) is 11.4. The smallest absolute Gasteiger partial charge is 0.355 e. The monoisotopic (exact) mass is 800 g/mol. The van der Waals surface area contributed by atoms with Crippen LogP contribution in [0.1, 0.15) is 26.3 Å². The van der Waals surface area contributed by atoms with Crippen LogP contribution in [0.15, 0.2) is 60.7 Å². The van der Waals surface area contributed by atoms with Crippen molar-refractivity contribution in [2.24, 2.45) is 0 Å². The molecular weight excluding hydrogens is 785 g/mol. The number of carbonyl (C=O) groups is 2. The van der Waals surface area contributed by atoms with Crippen molar-refractivity contribution in [3.8, 4) is 11.1 Å². The van der Waals surface area contributed by atoms with Crippen molar-refractivity contribution in [1.82, 2.24) is 5.32 Å². The first-order valence-electron chi connectivity index (χ1n) is 10.8. The maximum atomic E-state index is 14.9. The third kappa shape index (κ3) is 5.75. The van der Waals surface area contributed by atoms with Gasteiger partial charge in [-0.15, -0.1) is 0 Å². The minimum atomic E-state index is -6.86. The van der Waals surface area contributed by atoms with Crippen LogP contribution in [0.4, 0.5) is 45.2 Å². The van der Waals surface area contributed by atoms with Crippen molar-refractivity contribution in [2.75, 3.05) is 12.4 Å². The van der Waals surface area contributed by atoms with Gasteiger partial charge in [0.25, 0.3) is 11.8 Å². The summed E-state index contributed by atoms with van der Waals surface area (Å²) in [6.45, 7) is 0. The van der Waals surface area contributed by atoms with Crippen LogP contribution >= 0.6 is 45.2 Å². The Morgan fingerprint density at radius 2 is 1.30 bits per heavy atom. The number of nitrogens with one attached hydrogen (secondary N) is 2. The van der Waals surface area contributed by atoms with Gasteiger partial charge in [0.05, 0.1) is 5.69 Å². The van der Waals surface area contributed by atoms with Gasteiger partial charge in [-0.25, -0.2) is 4.39 Å². The third-order valence-corrected chi connectivity index (χ3v) is 7.39. The molecule has 0 saturated carbocycles. The van der Waals surface area contributed by atoms with Crippen LogP contribution in [0.2, 0.25) is 0 Å². The number of halogens is 11. The topological polar surface area (TPSA) is 58.2 Å². The SMILES string of the molecule is CNC(=O)c1ccccc1-c1cccc(C(=O)Nc2c(I)cc(C(F)(C(F)(F)F)C(F)(F)C(F)(F)F)cc2I)c1. The van der Waals surface area contributed by atoms with Crippen LogP contribution in [0, 0.1) is 7.14 Å². The molecule has 0 aromatic heterocycles. The summed E-state index contributed by atoms with van der Waals surface area (Å²) in [5.74, 6) is -8.04. The molecule has 0 aliphatic carbocycles. The Kier molecular flexibility index (Phi) is 9.08. The number of alkyl halides is 9. The Labute approximate surface area is 248 Å². The minimum Gasteiger partial charge on any atom is -0.355 e. The fourth-order valence-corrected chi connectivity index (χ4v) is 5.73. The largest absolute Gasteiger partial charge is 0.457 e. The minimum absolute atomic E-state index is 0.0126. The first-order chi connectivity index (χ1) is 18.4. The Balaban J connectivity index is 2.02. The van der Waals surface area contributed by atoms with Gasteiger partial charge in [0.2, 0.25) is 0 Å². The lowest BCUT2D eigenvalue weighted by Crippen LogP contribution is -2.59. The Bertz CT molecular complexity index is 1440. The number of hydrogen-bond acceptors (Lipinski definition) is 2. The molecule has 2 amide bonds. The molecule has 0 aliphatic heterocycles. The van der Waals surface area contributed by atoms with Crippen molar-refractivity contribution in [1.29, 1.82) is 0 Å². The molecule has 3 aromatic rings. The molecule has 0 saturated heterocycles. The standard InChI is InChI=1S/C25H15F9I2N2O2/c1-37-21(40)16-8-3-2-7-15(16)12-5-4-6-13(9-12)20(39)38-19-17(35)10-14(11-18(19)36)22(26,24(29,30)31)23(27,28)25(32,33)34/h2-11H,1H3,(H,37,40)(H,38,39). The molecule has 4 nitrogen and oxygen atoms in total. The summed E-state index contributed by atoms with van der Waals surface area (Å²) >= 11 is 2.58. The average molecular weight is 800 g/mol. The fourth-order valence-electron chi connectivity index (χ4n) is 3.69. The molecule has 0 bridgehead atoms. The Morgan fingerprint density at radius 1 is 0.725 bits per heavy atom. The summed E-state index contributed by atoms with van der Waals surface area (Å²) in [4.78, 5) is 25.2. The summed E-state index contributed by atoms with van der Waals surface area (Å²) in [6, 6.07) is 12.7. The van der Waals surface area contributed by atoms with Gasteiger partial charge in [0.15, 0.2) is 0 Å². The number of benzene rings is 3. The zero-order chi connectivity index (χ0) is 30.3. The highest BCUT2D eigenvalue weighted by Crippen LogP contribution is 2.58. The van der Waals surface area contributed by atoms with E-state index in [4.69, 9.17) is 0 Å². The predicted octanol–water partition coefficient (Wildman–Crippen LogP) is 8.10. The number of hydrogen-bond donors (Lipinski definition) is 2. The molecule has 0 fully saturated rings. The highest BCUT2D eigenvalue weighted by atomic mass is 127. The van der Waals surface area contributed by atoms with E-state index in [0.29, 0.717) is 16.7 Å². The summed E-state index contributed by atoms with van der Waals surface area (Å²) in [7, 11) is 1.43. The van der Waals surface area contributed by atoms with Crippen LogP contribution < -0.4 is 10.6 Å². The maximum Gasteiger partial charge on any atom is 0.457 e. The molecule has 0 radical (unpaired) electrons. The molecule has 3 aromatic carbocycles.